The number of rotatable bonds is 7. The van der Waals surface area contributed by atoms with Crippen molar-refractivity contribution in [3.05, 3.63) is 113 Å². The van der Waals surface area contributed by atoms with Gasteiger partial charge in [0.15, 0.2) is 11.6 Å². The predicted octanol–water partition coefficient (Wildman–Crippen LogP) is 10.1. The van der Waals surface area contributed by atoms with Gasteiger partial charge in [-0.3, -0.25) is 10.4 Å². The molecule has 10 nitrogen and oxygen atoms in total. The monoisotopic (exact) mass is 771 g/mol. The summed E-state index contributed by atoms with van der Waals surface area (Å²) in [5, 5.41) is 22.5. The van der Waals surface area contributed by atoms with Gasteiger partial charge in [-0.15, -0.1) is 0 Å². The molecule has 2 saturated heterocycles. The average molecular weight is 772 g/mol. The summed E-state index contributed by atoms with van der Waals surface area (Å²) in [5.41, 5.74) is 4.02. The molecule has 2 fully saturated rings. The molecule has 0 aliphatic carbocycles. The van der Waals surface area contributed by atoms with Gasteiger partial charge in [0.05, 0.1) is 22.5 Å². The molecule has 0 radical (unpaired) electrons. The van der Waals surface area contributed by atoms with Crippen LogP contribution in [0.2, 0.25) is 0 Å². The molecule has 2 aliphatic rings. The first kappa shape index (κ1) is 38.3. The number of alkyl halides is 3. The lowest BCUT2D eigenvalue weighted by molar-refractivity contribution is -0.137. The molecular weight excluding hydrogens is 730 g/mol. The first-order valence-electron chi connectivity index (χ1n) is 18.1. The fraction of sp³-hybridized carbons (Fsp3) is 0.286. The smallest absolute Gasteiger partial charge is 0.417 e. The summed E-state index contributed by atoms with van der Waals surface area (Å²) in [5.74, 6) is 0.0102. The molecule has 1 aromatic heterocycles. The zero-order valence-electron chi connectivity index (χ0n) is 31.2. The molecule has 0 spiro atoms. The van der Waals surface area contributed by atoms with Gasteiger partial charge in [0.2, 0.25) is 0 Å². The van der Waals surface area contributed by atoms with Crippen molar-refractivity contribution in [3.8, 4) is 28.4 Å². The second kappa shape index (κ2) is 14.9. The normalized spacial score (nSPS) is 16.4. The minimum atomic E-state index is -4.64. The zero-order chi connectivity index (χ0) is 39.9. The van der Waals surface area contributed by atoms with E-state index < -0.39 is 35.4 Å². The number of carbonyl (C=O) groups is 1. The van der Waals surface area contributed by atoms with E-state index in [9.17, 15) is 27.5 Å². The summed E-state index contributed by atoms with van der Waals surface area (Å²) in [6.45, 7) is 7.98. The van der Waals surface area contributed by atoms with E-state index in [1.165, 1.54) is 35.3 Å². The fourth-order valence-electron chi connectivity index (χ4n) is 6.79. The van der Waals surface area contributed by atoms with Crippen molar-refractivity contribution in [2.75, 3.05) is 24.6 Å². The lowest BCUT2D eigenvalue weighted by Crippen LogP contribution is -2.44. The number of hydrogen-bond donors (Lipinski definition) is 4. The van der Waals surface area contributed by atoms with E-state index in [-0.39, 0.29) is 52.0 Å². The van der Waals surface area contributed by atoms with E-state index in [1.54, 1.807) is 81.1 Å². The number of para-hydroxylation sites is 1. The number of aromatic amines is 1. The molecule has 1 amide bonds. The fourth-order valence-corrected chi connectivity index (χ4v) is 6.79. The lowest BCUT2D eigenvalue weighted by Gasteiger charge is -2.34. The highest BCUT2D eigenvalue weighted by atomic mass is 19.4. The van der Waals surface area contributed by atoms with Crippen molar-refractivity contribution in [2.45, 2.75) is 58.4 Å². The number of aliphatic hydroxyl groups is 1. The Bertz CT molecular complexity index is 2340. The standard InChI is InChI=1S/C42H41F4N5O5/c1-24-19-26(13-14-35(24)55-36-12-8-7-11-32(36)43)51-39(47)30(23-48-51)38(52)34-20-25-21-37(54-27-15-17-50(18-16-27)40(53)56-41(2,3)4)29(22-33(25)49-34)28-9-5-6-10-31(28)42(44,45)46/h5-14,19-22,27,47-49,52H,15-18,23H2,1-4H3. The van der Waals surface area contributed by atoms with Crippen LogP contribution in [-0.4, -0.2) is 58.3 Å². The van der Waals surface area contributed by atoms with E-state index in [0.717, 1.165) is 6.07 Å². The van der Waals surface area contributed by atoms with Crippen molar-refractivity contribution < 1.29 is 41.7 Å². The first-order valence-corrected chi connectivity index (χ1v) is 18.1. The van der Waals surface area contributed by atoms with Gasteiger partial charge < -0.3 is 29.2 Å². The number of ether oxygens (including phenoxy) is 3. The number of piperidine rings is 1. The van der Waals surface area contributed by atoms with Gasteiger partial charge in [-0.2, -0.15) is 13.2 Å². The number of aromatic nitrogens is 1. The number of nitrogens with one attached hydrogen (secondary N) is 3. The summed E-state index contributed by atoms with van der Waals surface area (Å²) >= 11 is 0. The van der Waals surface area contributed by atoms with Gasteiger partial charge in [-0.05, 0) is 93.4 Å². The van der Waals surface area contributed by atoms with Gasteiger partial charge in [-0.25, -0.2) is 14.6 Å². The van der Waals surface area contributed by atoms with Crippen LogP contribution in [0.15, 0.2) is 90.5 Å². The Hall–Kier alpha value is -6.02. The predicted molar refractivity (Wildman–Crippen MR) is 206 cm³/mol. The van der Waals surface area contributed by atoms with Crippen molar-refractivity contribution >= 4 is 34.3 Å². The second-order valence-electron chi connectivity index (χ2n) is 14.8. The molecule has 0 unspecified atom stereocenters. The molecule has 3 heterocycles. The van der Waals surface area contributed by atoms with Crippen molar-refractivity contribution in [1.82, 2.24) is 15.3 Å². The van der Waals surface area contributed by atoms with Crippen LogP contribution < -0.4 is 19.9 Å². The Balaban J connectivity index is 1.17. The molecular formula is C42H41F4N5O5. The maximum atomic E-state index is 14.3. The van der Waals surface area contributed by atoms with Crippen LogP contribution in [0, 0.1) is 18.2 Å². The van der Waals surface area contributed by atoms with Gasteiger partial charge in [-0.1, -0.05) is 30.3 Å². The number of aryl methyl sites for hydroxylation is 1. The molecule has 292 valence electrons. The second-order valence-corrected chi connectivity index (χ2v) is 14.8. The third-order valence-electron chi connectivity index (χ3n) is 9.57. The van der Waals surface area contributed by atoms with Crippen LogP contribution in [0.1, 0.15) is 50.4 Å². The average Bonchev–Trinajstić information content (AvgIpc) is 3.75. The Labute approximate surface area is 320 Å². The van der Waals surface area contributed by atoms with Gasteiger partial charge in [0.25, 0.3) is 0 Å². The number of halogens is 4. The van der Waals surface area contributed by atoms with Crippen LogP contribution in [0.5, 0.6) is 17.2 Å². The molecule has 4 N–H and O–H groups in total. The molecule has 0 saturated carbocycles. The summed E-state index contributed by atoms with van der Waals surface area (Å²) in [6.07, 6.45) is -4.58. The van der Waals surface area contributed by atoms with Crippen LogP contribution in [-0.2, 0) is 10.9 Å². The van der Waals surface area contributed by atoms with E-state index in [2.05, 4.69) is 10.4 Å². The molecule has 5 aromatic rings. The summed E-state index contributed by atoms with van der Waals surface area (Å²) < 4.78 is 74.8. The number of aliphatic hydroxyl groups excluding tert-OH is 1. The highest BCUT2D eigenvalue weighted by molar-refractivity contribution is 6.13. The Morgan fingerprint density at radius 3 is 2.30 bits per heavy atom. The van der Waals surface area contributed by atoms with Crippen molar-refractivity contribution in [1.29, 1.82) is 5.41 Å². The van der Waals surface area contributed by atoms with E-state index in [0.29, 0.717) is 53.8 Å². The Morgan fingerprint density at radius 2 is 1.61 bits per heavy atom. The highest BCUT2D eigenvalue weighted by Crippen LogP contribution is 2.43. The van der Waals surface area contributed by atoms with Gasteiger partial charge >= 0.3 is 12.3 Å². The number of anilines is 1. The number of hydrogen-bond acceptors (Lipinski definition) is 7. The number of nitrogens with zero attached hydrogens (tertiary/aromatic N) is 2. The number of amidine groups is 1. The van der Waals surface area contributed by atoms with E-state index in [1.807, 2.05) is 0 Å². The molecule has 14 heteroatoms. The van der Waals surface area contributed by atoms with Crippen LogP contribution >= 0.6 is 0 Å². The molecule has 0 atom stereocenters. The number of benzene rings is 4. The Morgan fingerprint density at radius 1 is 0.893 bits per heavy atom. The van der Waals surface area contributed by atoms with E-state index >= 15 is 0 Å². The van der Waals surface area contributed by atoms with Crippen molar-refractivity contribution in [3.63, 3.8) is 0 Å². The lowest BCUT2D eigenvalue weighted by atomic mass is 9.97. The first-order chi connectivity index (χ1) is 26.6. The SMILES string of the molecule is Cc1cc(N2NCC(=C(O)c3cc4cc(OC5CCN(C(=O)OC(C)(C)C)CC5)c(-c5ccccc5C(F)(F)F)cc4[nH]3)C2=N)ccc1Oc1ccccc1F. The number of fused-ring (bicyclic) bond motifs is 1. The van der Waals surface area contributed by atoms with Gasteiger partial charge in [0.1, 0.15) is 34.8 Å². The largest absolute Gasteiger partial charge is 0.505 e. The highest BCUT2D eigenvalue weighted by Gasteiger charge is 2.35. The minimum Gasteiger partial charge on any atom is -0.505 e. The minimum absolute atomic E-state index is 0.0233. The zero-order valence-corrected chi connectivity index (χ0v) is 31.2. The number of amides is 1. The van der Waals surface area contributed by atoms with Crippen molar-refractivity contribution in [2.24, 2.45) is 0 Å². The number of hydrazine groups is 1. The summed E-state index contributed by atoms with van der Waals surface area (Å²) in [6, 6.07) is 21.4. The maximum Gasteiger partial charge on any atom is 0.417 e. The maximum absolute atomic E-state index is 14.3. The molecule has 7 rings (SSSR count). The number of carbonyl (C=O) groups excluding carboxylic acids is 1. The Kier molecular flexibility index (Phi) is 10.2. The van der Waals surface area contributed by atoms with Gasteiger partial charge in [0, 0.05) is 48.9 Å². The summed E-state index contributed by atoms with van der Waals surface area (Å²) in [4.78, 5) is 17.4. The van der Waals surface area contributed by atoms with Crippen LogP contribution in [0.3, 0.4) is 0 Å². The van der Waals surface area contributed by atoms with Crippen LogP contribution in [0.4, 0.5) is 28.0 Å². The summed E-state index contributed by atoms with van der Waals surface area (Å²) in [7, 11) is 0. The quantitative estimate of drug-likeness (QED) is 0.0960. The molecule has 4 aromatic carbocycles. The number of H-pyrrole nitrogens is 1. The van der Waals surface area contributed by atoms with E-state index in [4.69, 9.17) is 19.6 Å². The third-order valence-corrected chi connectivity index (χ3v) is 9.57. The topological polar surface area (TPSA) is 123 Å². The molecule has 0 bridgehead atoms. The third kappa shape index (κ3) is 8.01. The van der Waals surface area contributed by atoms with Crippen LogP contribution in [0.25, 0.3) is 27.8 Å². The number of likely N-dealkylation sites (tertiary alicyclic amines) is 1. The molecule has 2 aliphatic heterocycles. The molecule has 56 heavy (non-hydrogen) atoms.